The first-order valence-electron chi connectivity index (χ1n) is 7.85. The highest BCUT2D eigenvalue weighted by molar-refractivity contribution is 5.73. The number of nitrogens with two attached hydrogens (primary N) is 1. The summed E-state index contributed by atoms with van der Waals surface area (Å²) in [6.07, 6.45) is 4.43. The molecular formula is C18H23N5O3. The lowest BCUT2D eigenvalue weighted by molar-refractivity contribution is 0.185. The number of nitrogens with zero attached hydrogens (tertiary/aromatic N) is 3. The zero-order chi connectivity index (χ0) is 19.2. The smallest absolute Gasteiger partial charge is 0.326 e. The molecule has 2 heterocycles. The maximum atomic E-state index is 11.4. The number of nitroso groups, excluding NO2 is 1. The van der Waals surface area contributed by atoms with Crippen molar-refractivity contribution in [1.82, 2.24) is 14.5 Å². The van der Waals surface area contributed by atoms with E-state index in [-0.39, 0.29) is 18.8 Å². The lowest BCUT2D eigenvalue weighted by atomic mass is 10.2. The number of hydrogen-bond donors (Lipinski definition) is 2. The molecule has 0 amide bonds. The van der Waals surface area contributed by atoms with E-state index in [4.69, 9.17) is 4.74 Å². The maximum absolute atomic E-state index is 11.4. The van der Waals surface area contributed by atoms with Gasteiger partial charge in [-0.1, -0.05) is 42.1 Å². The minimum absolute atomic E-state index is 0.0851. The van der Waals surface area contributed by atoms with Gasteiger partial charge in [-0.2, -0.15) is 4.91 Å². The predicted molar refractivity (Wildman–Crippen MR) is 103 cm³/mol. The summed E-state index contributed by atoms with van der Waals surface area (Å²) in [6, 6.07) is 11.8. The second kappa shape index (κ2) is 12.2. The van der Waals surface area contributed by atoms with E-state index in [2.05, 4.69) is 27.5 Å². The van der Waals surface area contributed by atoms with Crippen LogP contribution in [0.2, 0.25) is 0 Å². The van der Waals surface area contributed by atoms with Crippen LogP contribution >= 0.6 is 0 Å². The van der Waals surface area contributed by atoms with Crippen LogP contribution in [0.3, 0.4) is 0 Å². The van der Waals surface area contributed by atoms with Crippen molar-refractivity contribution >= 4 is 11.0 Å². The number of benzene rings is 1. The lowest BCUT2D eigenvalue weighted by Gasteiger charge is -1.96. The van der Waals surface area contributed by atoms with Gasteiger partial charge >= 0.3 is 5.69 Å². The standard InChI is InChI=1S/C8H8N4O2.C8H10O.C2H5N/c13-8-11-6-1-2-9-5-7(6)12(8)4-3-10-14;1-9-7-8-5-3-2-4-6-8;1-2-3/h1-2,5H,3-4H2,(H,11,13);2-6H,7H2,1H3;2H,1,3H2. The quantitative estimate of drug-likeness (QED) is 0.680. The van der Waals surface area contributed by atoms with Gasteiger partial charge < -0.3 is 15.5 Å². The zero-order valence-corrected chi connectivity index (χ0v) is 14.7. The van der Waals surface area contributed by atoms with Crippen molar-refractivity contribution in [2.75, 3.05) is 13.7 Å². The molecule has 26 heavy (non-hydrogen) atoms. The summed E-state index contributed by atoms with van der Waals surface area (Å²) in [5.74, 6) is 0. The molecule has 0 bridgehead atoms. The highest BCUT2D eigenvalue weighted by Gasteiger charge is 2.05. The van der Waals surface area contributed by atoms with Crippen LogP contribution in [0.5, 0.6) is 0 Å². The number of rotatable bonds is 5. The number of nitrogens with one attached hydrogen (secondary N) is 1. The Bertz CT molecular complexity index is 843. The topological polar surface area (TPSA) is 115 Å². The molecule has 8 heteroatoms. The number of methoxy groups -OCH3 is 1. The molecule has 138 valence electrons. The number of imidazole rings is 1. The number of ether oxygens (including phenoxy) is 1. The molecule has 0 aliphatic heterocycles. The largest absolute Gasteiger partial charge is 0.405 e. The van der Waals surface area contributed by atoms with Gasteiger partial charge in [0.2, 0.25) is 0 Å². The molecule has 3 aromatic rings. The van der Waals surface area contributed by atoms with Crippen LogP contribution in [-0.4, -0.2) is 28.2 Å². The van der Waals surface area contributed by atoms with Crippen LogP contribution in [0.15, 0.2) is 71.5 Å². The zero-order valence-electron chi connectivity index (χ0n) is 14.7. The molecule has 2 aromatic heterocycles. The van der Waals surface area contributed by atoms with Crippen LogP contribution in [0.25, 0.3) is 11.0 Å². The molecule has 0 radical (unpaired) electrons. The average molecular weight is 357 g/mol. The number of aromatic amines is 1. The van der Waals surface area contributed by atoms with Gasteiger partial charge in [-0.05, 0) is 17.8 Å². The fraction of sp³-hybridized carbons (Fsp3) is 0.222. The van der Waals surface area contributed by atoms with E-state index in [0.717, 1.165) is 5.52 Å². The number of hydrogen-bond acceptors (Lipinski definition) is 6. The van der Waals surface area contributed by atoms with Crippen LogP contribution in [0.4, 0.5) is 0 Å². The van der Waals surface area contributed by atoms with Crippen LogP contribution in [-0.2, 0) is 17.9 Å². The number of fused-ring (bicyclic) bond motifs is 1. The van der Waals surface area contributed by atoms with Gasteiger partial charge in [0, 0.05) is 13.3 Å². The Morgan fingerprint density at radius 3 is 2.65 bits per heavy atom. The minimum atomic E-state index is -0.239. The first-order valence-corrected chi connectivity index (χ1v) is 7.85. The third-order valence-electron chi connectivity index (χ3n) is 3.15. The SMILES string of the molecule is C=CN.COCc1ccccc1.O=NCCn1c(=O)[nH]c2ccncc21. The summed E-state index contributed by atoms with van der Waals surface area (Å²) >= 11 is 0. The lowest BCUT2D eigenvalue weighted by Crippen LogP contribution is -2.17. The van der Waals surface area contributed by atoms with Gasteiger partial charge in [0.1, 0.15) is 0 Å². The van der Waals surface area contributed by atoms with E-state index >= 15 is 0 Å². The first kappa shape index (κ1) is 20.8. The fourth-order valence-corrected chi connectivity index (χ4v) is 2.10. The van der Waals surface area contributed by atoms with E-state index in [1.54, 1.807) is 25.6 Å². The Balaban J connectivity index is 0.000000243. The van der Waals surface area contributed by atoms with Gasteiger partial charge in [0.25, 0.3) is 0 Å². The van der Waals surface area contributed by atoms with E-state index < -0.39 is 0 Å². The molecule has 0 aliphatic rings. The Hall–Kier alpha value is -3.26. The van der Waals surface area contributed by atoms with Crippen molar-refractivity contribution in [3.05, 3.63) is 82.5 Å². The second-order valence-corrected chi connectivity index (χ2v) is 4.98. The van der Waals surface area contributed by atoms with Crippen molar-refractivity contribution < 1.29 is 4.74 Å². The molecule has 0 fully saturated rings. The van der Waals surface area contributed by atoms with E-state index in [0.29, 0.717) is 12.1 Å². The molecule has 1 aromatic carbocycles. The predicted octanol–water partition coefficient (Wildman–Crippen LogP) is 2.41. The fourth-order valence-electron chi connectivity index (χ4n) is 2.10. The monoisotopic (exact) mass is 357 g/mol. The molecular weight excluding hydrogens is 334 g/mol. The molecule has 0 saturated carbocycles. The number of pyridine rings is 1. The maximum Gasteiger partial charge on any atom is 0.326 e. The van der Waals surface area contributed by atoms with Crippen molar-refractivity contribution in [2.24, 2.45) is 10.9 Å². The van der Waals surface area contributed by atoms with Crippen LogP contribution in [0.1, 0.15) is 5.56 Å². The first-order chi connectivity index (χ1) is 12.7. The normalized spacial score (nSPS) is 9.42. The highest BCUT2D eigenvalue weighted by Crippen LogP contribution is 2.06. The summed E-state index contributed by atoms with van der Waals surface area (Å²) in [7, 11) is 1.70. The van der Waals surface area contributed by atoms with Crippen molar-refractivity contribution in [2.45, 2.75) is 13.2 Å². The van der Waals surface area contributed by atoms with Crippen molar-refractivity contribution in [3.63, 3.8) is 0 Å². The van der Waals surface area contributed by atoms with Gasteiger partial charge in [0.05, 0.1) is 36.9 Å². The second-order valence-electron chi connectivity index (χ2n) is 4.98. The van der Waals surface area contributed by atoms with Crippen LogP contribution < -0.4 is 11.4 Å². The van der Waals surface area contributed by atoms with Crippen LogP contribution in [0, 0.1) is 4.91 Å². The Morgan fingerprint density at radius 1 is 1.35 bits per heavy atom. The van der Waals surface area contributed by atoms with E-state index in [1.165, 1.54) is 16.3 Å². The summed E-state index contributed by atoms with van der Waals surface area (Å²) in [5, 5.41) is 2.71. The summed E-state index contributed by atoms with van der Waals surface area (Å²) < 4.78 is 6.38. The molecule has 0 unspecified atom stereocenters. The summed E-state index contributed by atoms with van der Waals surface area (Å²) in [4.78, 5) is 27.9. The molecule has 3 N–H and O–H groups in total. The third-order valence-corrected chi connectivity index (χ3v) is 3.15. The van der Waals surface area contributed by atoms with E-state index in [9.17, 15) is 9.70 Å². The van der Waals surface area contributed by atoms with Crippen molar-refractivity contribution in [1.29, 1.82) is 0 Å². The van der Waals surface area contributed by atoms with E-state index in [1.807, 2.05) is 30.3 Å². The van der Waals surface area contributed by atoms with Gasteiger partial charge in [0.15, 0.2) is 0 Å². The number of aromatic nitrogens is 3. The molecule has 3 rings (SSSR count). The molecule has 0 aliphatic carbocycles. The van der Waals surface area contributed by atoms with Gasteiger partial charge in [-0.25, -0.2) is 4.79 Å². The average Bonchev–Trinajstić information content (AvgIpc) is 2.97. The highest BCUT2D eigenvalue weighted by atomic mass is 16.5. The van der Waals surface area contributed by atoms with Gasteiger partial charge in [-0.3, -0.25) is 9.55 Å². The Labute approximate surface area is 151 Å². The minimum Gasteiger partial charge on any atom is -0.405 e. The Kier molecular flexibility index (Phi) is 9.71. The molecule has 0 spiro atoms. The number of H-pyrrole nitrogens is 1. The Morgan fingerprint density at radius 2 is 2.04 bits per heavy atom. The van der Waals surface area contributed by atoms with Gasteiger partial charge in [-0.15, -0.1) is 0 Å². The molecule has 0 saturated heterocycles. The summed E-state index contributed by atoms with van der Waals surface area (Å²) in [5.41, 5.74) is 7.01. The third kappa shape index (κ3) is 6.70. The molecule has 0 atom stereocenters. The van der Waals surface area contributed by atoms with Crippen molar-refractivity contribution in [3.8, 4) is 0 Å². The molecule has 8 nitrogen and oxygen atoms in total. The summed E-state index contributed by atoms with van der Waals surface area (Å²) in [6.45, 7) is 4.22.